The summed E-state index contributed by atoms with van der Waals surface area (Å²) in [5, 5.41) is 0. The highest BCUT2D eigenvalue weighted by Crippen LogP contribution is 2.47. The average Bonchev–Trinajstić information content (AvgIpc) is 2.83. The Kier molecular flexibility index (Phi) is 4.26. The van der Waals surface area contributed by atoms with E-state index in [0.29, 0.717) is 6.04 Å². The molecular weight excluding hydrogens is 332 g/mol. The second-order valence-corrected chi connectivity index (χ2v) is 8.05. The summed E-state index contributed by atoms with van der Waals surface area (Å²) in [5.74, 6) is 5.90. The molecule has 1 aliphatic carbocycles. The number of hydrogen-bond acceptors (Lipinski definition) is 3. The molecule has 2 nitrogen and oxygen atoms in total. The summed E-state index contributed by atoms with van der Waals surface area (Å²) < 4.78 is 1.19. The fourth-order valence-electron chi connectivity index (χ4n) is 3.24. The van der Waals surface area contributed by atoms with Gasteiger partial charge in [0, 0.05) is 16.3 Å². The first kappa shape index (κ1) is 14.3. The predicted octanol–water partition coefficient (Wildman–Crippen LogP) is 4.01. The molecule has 1 aromatic carbocycles. The van der Waals surface area contributed by atoms with E-state index in [9.17, 15) is 0 Å². The smallest absolute Gasteiger partial charge is 0.0701 e. The SMILES string of the molecule is NNC(Cc1ccc(Br)s1)C1(c2ccccc2)CCC1. The Hall–Kier alpha value is -0.680. The molecule has 0 saturated heterocycles. The number of nitrogens with two attached hydrogens (primary N) is 1. The monoisotopic (exact) mass is 350 g/mol. The van der Waals surface area contributed by atoms with Crippen LogP contribution in [0.25, 0.3) is 0 Å². The van der Waals surface area contributed by atoms with E-state index in [0.717, 1.165) is 6.42 Å². The Morgan fingerprint density at radius 1 is 1.20 bits per heavy atom. The molecule has 106 valence electrons. The molecule has 0 radical (unpaired) electrons. The van der Waals surface area contributed by atoms with Crippen LogP contribution in [0.1, 0.15) is 29.7 Å². The minimum Gasteiger partial charge on any atom is -0.271 e. The number of benzene rings is 1. The van der Waals surface area contributed by atoms with Crippen molar-refractivity contribution < 1.29 is 0 Å². The van der Waals surface area contributed by atoms with E-state index in [1.54, 1.807) is 11.3 Å². The molecule has 3 N–H and O–H groups in total. The van der Waals surface area contributed by atoms with E-state index >= 15 is 0 Å². The molecule has 1 fully saturated rings. The first-order valence-corrected chi connectivity index (χ1v) is 8.61. The normalized spacial score (nSPS) is 18.5. The van der Waals surface area contributed by atoms with Gasteiger partial charge in [-0.3, -0.25) is 11.3 Å². The van der Waals surface area contributed by atoms with Crippen LogP contribution in [0.15, 0.2) is 46.3 Å². The highest BCUT2D eigenvalue weighted by Gasteiger charge is 2.45. The van der Waals surface area contributed by atoms with Crippen molar-refractivity contribution in [1.82, 2.24) is 5.43 Å². The Labute approximate surface area is 132 Å². The lowest BCUT2D eigenvalue weighted by Crippen LogP contribution is -2.56. The van der Waals surface area contributed by atoms with E-state index in [1.165, 1.54) is 33.5 Å². The number of thiophene rings is 1. The van der Waals surface area contributed by atoms with Crippen molar-refractivity contribution in [1.29, 1.82) is 0 Å². The Bertz CT molecular complexity index is 563. The highest BCUT2D eigenvalue weighted by atomic mass is 79.9. The molecule has 0 amide bonds. The molecule has 0 spiro atoms. The number of halogens is 1. The lowest BCUT2D eigenvalue weighted by atomic mass is 9.59. The first-order valence-electron chi connectivity index (χ1n) is 7.00. The fourth-order valence-corrected chi connectivity index (χ4v) is 4.77. The molecule has 0 aliphatic heterocycles. The zero-order valence-electron chi connectivity index (χ0n) is 11.3. The van der Waals surface area contributed by atoms with Gasteiger partial charge in [-0.05, 0) is 52.9 Å². The van der Waals surface area contributed by atoms with Crippen LogP contribution in [-0.2, 0) is 11.8 Å². The number of hydrazine groups is 1. The highest BCUT2D eigenvalue weighted by molar-refractivity contribution is 9.11. The van der Waals surface area contributed by atoms with Crippen molar-refractivity contribution in [3.05, 3.63) is 56.7 Å². The lowest BCUT2D eigenvalue weighted by molar-refractivity contribution is 0.169. The third kappa shape index (κ3) is 2.58. The third-order valence-electron chi connectivity index (χ3n) is 4.50. The molecule has 4 heteroatoms. The topological polar surface area (TPSA) is 38.0 Å². The summed E-state index contributed by atoms with van der Waals surface area (Å²) in [6.45, 7) is 0. The number of nitrogens with one attached hydrogen (secondary N) is 1. The van der Waals surface area contributed by atoms with Gasteiger partial charge in [-0.2, -0.15) is 0 Å². The minimum atomic E-state index is 0.201. The standard InChI is InChI=1S/C16H19BrN2S/c17-15-8-7-13(20-15)11-14(19-18)16(9-4-10-16)12-5-2-1-3-6-12/h1-3,5-8,14,19H,4,9-11,18H2. The Balaban J connectivity index is 1.86. The molecular formula is C16H19BrN2S. The maximum absolute atomic E-state index is 5.90. The van der Waals surface area contributed by atoms with Gasteiger partial charge in [-0.15, -0.1) is 11.3 Å². The molecule has 20 heavy (non-hydrogen) atoms. The number of hydrogen-bond donors (Lipinski definition) is 2. The molecule has 1 heterocycles. The maximum Gasteiger partial charge on any atom is 0.0701 e. The molecule has 1 atom stereocenters. The van der Waals surface area contributed by atoms with Gasteiger partial charge in [-0.25, -0.2) is 0 Å². The van der Waals surface area contributed by atoms with Crippen molar-refractivity contribution in [2.24, 2.45) is 5.84 Å². The van der Waals surface area contributed by atoms with Crippen LogP contribution in [0.4, 0.5) is 0 Å². The largest absolute Gasteiger partial charge is 0.271 e. The van der Waals surface area contributed by atoms with Gasteiger partial charge in [0.2, 0.25) is 0 Å². The van der Waals surface area contributed by atoms with E-state index in [2.05, 4.69) is 63.8 Å². The summed E-state index contributed by atoms with van der Waals surface area (Å²) in [5.41, 5.74) is 4.71. The zero-order chi connectivity index (χ0) is 14.0. The molecule has 1 saturated carbocycles. The van der Waals surface area contributed by atoms with Crippen molar-refractivity contribution in [2.45, 2.75) is 37.1 Å². The van der Waals surface area contributed by atoms with Gasteiger partial charge in [0.15, 0.2) is 0 Å². The molecule has 1 unspecified atom stereocenters. The quantitative estimate of drug-likeness (QED) is 0.631. The summed E-state index contributed by atoms with van der Waals surface area (Å²) in [6, 6.07) is 15.4. The van der Waals surface area contributed by atoms with E-state index in [4.69, 9.17) is 5.84 Å². The van der Waals surface area contributed by atoms with Crippen molar-refractivity contribution in [2.75, 3.05) is 0 Å². The fraction of sp³-hybridized carbons (Fsp3) is 0.375. The number of rotatable bonds is 5. The van der Waals surface area contributed by atoms with Gasteiger partial charge < -0.3 is 0 Å². The average molecular weight is 351 g/mol. The molecule has 3 rings (SSSR count). The van der Waals surface area contributed by atoms with Crippen LogP contribution in [0, 0.1) is 0 Å². The van der Waals surface area contributed by atoms with Crippen molar-refractivity contribution >= 4 is 27.3 Å². The Morgan fingerprint density at radius 2 is 1.95 bits per heavy atom. The third-order valence-corrected chi connectivity index (χ3v) is 6.14. The van der Waals surface area contributed by atoms with Gasteiger partial charge in [0.1, 0.15) is 0 Å². The first-order chi connectivity index (χ1) is 9.74. The van der Waals surface area contributed by atoms with Gasteiger partial charge in [0.25, 0.3) is 0 Å². The van der Waals surface area contributed by atoms with E-state index in [-0.39, 0.29) is 5.41 Å². The van der Waals surface area contributed by atoms with E-state index < -0.39 is 0 Å². The van der Waals surface area contributed by atoms with Gasteiger partial charge >= 0.3 is 0 Å². The summed E-state index contributed by atoms with van der Waals surface area (Å²) in [4.78, 5) is 1.38. The summed E-state index contributed by atoms with van der Waals surface area (Å²) in [6.07, 6.45) is 4.72. The van der Waals surface area contributed by atoms with Crippen molar-refractivity contribution in [3.8, 4) is 0 Å². The van der Waals surface area contributed by atoms with Gasteiger partial charge in [-0.1, -0.05) is 36.8 Å². The van der Waals surface area contributed by atoms with Crippen LogP contribution < -0.4 is 11.3 Å². The van der Waals surface area contributed by atoms with Crippen LogP contribution in [0.3, 0.4) is 0 Å². The summed E-state index contributed by atoms with van der Waals surface area (Å²) >= 11 is 5.34. The van der Waals surface area contributed by atoms with Crippen LogP contribution in [-0.4, -0.2) is 6.04 Å². The molecule has 1 aromatic heterocycles. The maximum atomic E-state index is 5.90. The van der Waals surface area contributed by atoms with Gasteiger partial charge in [0.05, 0.1) is 3.79 Å². The predicted molar refractivity (Wildman–Crippen MR) is 88.8 cm³/mol. The van der Waals surface area contributed by atoms with Crippen LogP contribution in [0.5, 0.6) is 0 Å². The van der Waals surface area contributed by atoms with Crippen molar-refractivity contribution in [3.63, 3.8) is 0 Å². The lowest BCUT2D eigenvalue weighted by Gasteiger charge is -2.48. The zero-order valence-corrected chi connectivity index (χ0v) is 13.7. The molecule has 0 bridgehead atoms. The second kappa shape index (κ2) is 5.98. The molecule has 1 aliphatic rings. The Morgan fingerprint density at radius 3 is 2.45 bits per heavy atom. The minimum absolute atomic E-state index is 0.201. The summed E-state index contributed by atoms with van der Waals surface area (Å²) in [7, 11) is 0. The van der Waals surface area contributed by atoms with Crippen LogP contribution in [0.2, 0.25) is 0 Å². The molecule has 2 aromatic rings. The van der Waals surface area contributed by atoms with Crippen LogP contribution >= 0.6 is 27.3 Å². The van der Waals surface area contributed by atoms with E-state index in [1.807, 2.05) is 0 Å². The second-order valence-electron chi connectivity index (χ2n) is 5.50.